The van der Waals surface area contributed by atoms with Crippen LogP contribution in [0.3, 0.4) is 0 Å². The second-order valence-electron chi connectivity index (χ2n) is 6.26. The van der Waals surface area contributed by atoms with E-state index in [-0.39, 0.29) is 5.97 Å². The first-order valence-electron chi connectivity index (χ1n) is 8.57. The predicted octanol–water partition coefficient (Wildman–Crippen LogP) is 4.22. The molecule has 1 fully saturated rings. The van der Waals surface area contributed by atoms with Crippen molar-refractivity contribution in [3.8, 4) is 5.69 Å². The van der Waals surface area contributed by atoms with Gasteiger partial charge in [0.05, 0.1) is 12.7 Å². The summed E-state index contributed by atoms with van der Waals surface area (Å²) in [6, 6.07) is 17.7. The Bertz CT molecular complexity index is 903. The lowest BCUT2D eigenvalue weighted by Crippen LogP contribution is -2.02. The van der Waals surface area contributed by atoms with Crippen molar-refractivity contribution < 1.29 is 9.53 Å². The van der Waals surface area contributed by atoms with Crippen LogP contribution in [-0.2, 0) is 10.5 Å². The number of methoxy groups -OCH3 is 1. The summed E-state index contributed by atoms with van der Waals surface area (Å²) in [4.78, 5) is 11.5. The van der Waals surface area contributed by atoms with Crippen LogP contribution >= 0.6 is 11.8 Å². The fourth-order valence-electron chi connectivity index (χ4n) is 2.80. The summed E-state index contributed by atoms with van der Waals surface area (Å²) in [5, 5.41) is 9.77. The number of benzene rings is 2. The van der Waals surface area contributed by atoms with Crippen molar-refractivity contribution in [2.45, 2.75) is 29.7 Å². The molecule has 5 nitrogen and oxygen atoms in total. The lowest BCUT2D eigenvalue weighted by atomic mass is 10.1. The highest BCUT2D eigenvalue weighted by Gasteiger charge is 2.30. The standard InChI is InChI=1S/C20H19N3O2S/c1-25-19(24)16-9-7-14(8-10-16)13-26-20-22-21-18(15-11-12-15)23(20)17-5-3-2-4-6-17/h2-10,15H,11-13H2,1H3. The second-order valence-corrected chi connectivity index (χ2v) is 7.21. The van der Waals surface area contributed by atoms with Crippen LogP contribution in [0.5, 0.6) is 0 Å². The van der Waals surface area contributed by atoms with Crippen LogP contribution in [0.1, 0.15) is 40.5 Å². The highest BCUT2D eigenvalue weighted by Crippen LogP contribution is 2.41. The molecule has 6 heteroatoms. The molecular formula is C20H19N3O2S. The Hall–Kier alpha value is -2.60. The first-order valence-corrected chi connectivity index (χ1v) is 9.55. The van der Waals surface area contributed by atoms with Gasteiger partial charge in [0.25, 0.3) is 0 Å². The average Bonchev–Trinajstić information content (AvgIpc) is 3.46. The molecule has 1 aliphatic rings. The summed E-state index contributed by atoms with van der Waals surface area (Å²) in [5.74, 6) is 2.02. The van der Waals surface area contributed by atoms with Crippen molar-refractivity contribution in [2.75, 3.05) is 7.11 Å². The number of hydrogen-bond acceptors (Lipinski definition) is 5. The van der Waals surface area contributed by atoms with Crippen LogP contribution in [0, 0.1) is 0 Å². The number of nitrogens with zero attached hydrogens (tertiary/aromatic N) is 3. The van der Waals surface area contributed by atoms with Gasteiger partial charge in [0.15, 0.2) is 5.16 Å². The van der Waals surface area contributed by atoms with Gasteiger partial charge in [0.1, 0.15) is 5.82 Å². The largest absolute Gasteiger partial charge is 0.465 e. The van der Waals surface area contributed by atoms with E-state index >= 15 is 0 Å². The first-order chi connectivity index (χ1) is 12.8. The molecule has 3 aromatic rings. The normalized spacial score (nSPS) is 13.6. The van der Waals surface area contributed by atoms with E-state index in [2.05, 4.69) is 26.9 Å². The molecule has 1 saturated carbocycles. The van der Waals surface area contributed by atoms with E-state index in [4.69, 9.17) is 4.74 Å². The zero-order valence-corrected chi connectivity index (χ0v) is 15.3. The Morgan fingerprint density at radius 3 is 2.50 bits per heavy atom. The van der Waals surface area contributed by atoms with Gasteiger partial charge in [-0.2, -0.15) is 0 Å². The maximum atomic E-state index is 11.5. The minimum atomic E-state index is -0.318. The van der Waals surface area contributed by atoms with Gasteiger partial charge in [-0.3, -0.25) is 4.57 Å². The smallest absolute Gasteiger partial charge is 0.337 e. The third kappa shape index (κ3) is 3.51. The Kier molecular flexibility index (Phi) is 4.75. The van der Waals surface area contributed by atoms with Gasteiger partial charge in [-0.05, 0) is 42.7 Å². The molecule has 26 heavy (non-hydrogen) atoms. The van der Waals surface area contributed by atoms with Gasteiger partial charge in [-0.15, -0.1) is 10.2 Å². The molecule has 132 valence electrons. The van der Waals surface area contributed by atoms with Crippen molar-refractivity contribution in [1.82, 2.24) is 14.8 Å². The molecule has 0 amide bonds. The van der Waals surface area contributed by atoms with Crippen LogP contribution in [-0.4, -0.2) is 27.8 Å². The first kappa shape index (κ1) is 16.8. The summed E-state index contributed by atoms with van der Waals surface area (Å²) in [6.07, 6.45) is 2.37. The second kappa shape index (κ2) is 7.33. The molecule has 0 unspecified atom stereocenters. The fraction of sp³-hybridized carbons (Fsp3) is 0.250. The van der Waals surface area contributed by atoms with E-state index < -0.39 is 0 Å². The van der Waals surface area contributed by atoms with Gasteiger partial charge < -0.3 is 4.74 Å². The lowest BCUT2D eigenvalue weighted by molar-refractivity contribution is 0.0600. The molecule has 1 heterocycles. The van der Waals surface area contributed by atoms with Crippen molar-refractivity contribution in [1.29, 1.82) is 0 Å². The number of hydrogen-bond donors (Lipinski definition) is 0. The summed E-state index contributed by atoms with van der Waals surface area (Å²) in [5.41, 5.74) is 2.78. The average molecular weight is 365 g/mol. The summed E-state index contributed by atoms with van der Waals surface area (Å²) in [6.45, 7) is 0. The van der Waals surface area contributed by atoms with Gasteiger partial charge in [0, 0.05) is 17.4 Å². The van der Waals surface area contributed by atoms with Crippen LogP contribution in [0.25, 0.3) is 5.69 Å². The maximum Gasteiger partial charge on any atom is 0.337 e. The minimum absolute atomic E-state index is 0.318. The Labute approximate surface area is 156 Å². The Morgan fingerprint density at radius 1 is 1.12 bits per heavy atom. The number of carbonyl (C=O) groups excluding carboxylic acids is 1. The van der Waals surface area contributed by atoms with Crippen LogP contribution in [0.15, 0.2) is 59.8 Å². The SMILES string of the molecule is COC(=O)c1ccc(CSc2nnc(C3CC3)n2-c2ccccc2)cc1. The Morgan fingerprint density at radius 2 is 1.85 bits per heavy atom. The van der Waals surface area contributed by atoms with Crippen molar-refractivity contribution in [3.63, 3.8) is 0 Å². The molecule has 0 N–H and O–H groups in total. The Balaban J connectivity index is 1.54. The molecular weight excluding hydrogens is 346 g/mol. The number of para-hydroxylation sites is 1. The number of carbonyl (C=O) groups is 1. The molecule has 0 aliphatic heterocycles. The fourth-order valence-corrected chi connectivity index (χ4v) is 3.72. The molecule has 0 radical (unpaired) electrons. The number of thioether (sulfide) groups is 1. The molecule has 0 atom stereocenters. The molecule has 2 aromatic carbocycles. The van der Waals surface area contributed by atoms with Gasteiger partial charge >= 0.3 is 5.97 Å². The molecule has 1 aliphatic carbocycles. The molecule has 0 saturated heterocycles. The van der Waals surface area contributed by atoms with Gasteiger partial charge in [-0.1, -0.05) is 42.1 Å². The monoisotopic (exact) mass is 365 g/mol. The minimum Gasteiger partial charge on any atom is -0.465 e. The van der Waals surface area contributed by atoms with Crippen LogP contribution < -0.4 is 0 Å². The van der Waals surface area contributed by atoms with Gasteiger partial charge in [-0.25, -0.2) is 4.79 Å². The van der Waals surface area contributed by atoms with Gasteiger partial charge in [0.2, 0.25) is 0 Å². The topological polar surface area (TPSA) is 57.0 Å². The third-order valence-corrected chi connectivity index (χ3v) is 5.36. The van der Waals surface area contributed by atoms with E-state index in [1.165, 1.54) is 20.0 Å². The highest BCUT2D eigenvalue weighted by molar-refractivity contribution is 7.98. The van der Waals surface area contributed by atoms with Crippen LogP contribution in [0.2, 0.25) is 0 Å². The number of aromatic nitrogens is 3. The predicted molar refractivity (Wildman–Crippen MR) is 101 cm³/mol. The van der Waals surface area contributed by atoms with E-state index in [1.807, 2.05) is 30.3 Å². The van der Waals surface area contributed by atoms with E-state index in [0.29, 0.717) is 11.5 Å². The van der Waals surface area contributed by atoms with E-state index in [0.717, 1.165) is 28.0 Å². The van der Waals surface area contributed by atoms with E-state index in [9.17, 15) is 4.79 Å². The molecule has 0 spiro atoms. The van der Waals surface area contributed by atoms with Crippen molar-refractivity contribution in [2.24, 2.45) is 0 Å². The summed E-state index contributed by atoms with van der Waals surface area (Å²) >= 11 is 1.65. The molecule has 1 aromatic heterocycles. The summed E-state index contributed by atoms with van der Waals surface area (Å²) in [7, 11) is 1.39. The van der Waals surface area contributed by atoms with Crippen LogP contribution in [0.4, 0.5) is 0 Å². The van der Waals surface area contributed by atoms with E-state index in [1.54, 1.807) is 23.9 Å². The third-order valence-electron chi connectivity index (χ3n) is 4.36. The maximum absolute atomic E-state index is 11.5. The molecule has 4 rings (SSSR count). The summed E-state index contributed by atoms with van der Waals surface area (Å²) < 4.78 is 6.91. The zero-order chi connectivity index (χ0) is 17.9. The van der Waals surface area contributed by atoms with Crippen molar-refractivity contribution in [3.05, 3.63) is 71.5 Å². The highest BCUT2D eigenvalue weighted by atomic mass is 32.2. The quantitative estimate of drug-likeness (QED) is 0.483. The number of rotatable bonds is 6. The lowest BCUT2D eigenvalue weighted by Gasteiger charge is -2.10. The number of ether oxygens (including phenoxy) is 1. The van der Waals surface area contributed by atoms with Crippen molar-refractivity contribution >= 4 is 17.7 Å². The molecule has 0 bridgehead atoms. The number of esters is 1. The zero-order valence-electron chi connectivity index (χ0n) is 14.5.